The lowest BCUT2D eigenvalue weighted by atomic mass is 9.69. The van der Waals surface area contributed by atoms with Crippen molar-refractivity contribution in [2.24, 2.45) is 11.8 Å². The molecule has 1 N–H and O–H groups in total. The molecule has 3 unspecified atom stereocenters. The van der Waals surface area contributed by atoms with E-state index in [0.717, 1.165) is 24.9 Å². The summed E-state index contributed by atoms with van der Waals surface area (Å²) in [6.45, 7) is 8.79. The molecule has 0 aliphatic heterocycles. The van der Waals surface area contributed by atoms with Crippen LogP contribution >= 0.6 is 0 Å². The number of carbonyl (C=O) groups is 1. The minimum absolute atomic E-state index is 0.106. The van der Waals surface area contributed by atoms with Crippen LogP contribution in [0.25, 0.3) is 0 Å². The number of hydrogen-bond acceptors (Lipinski definition) is 3. The van der Waals surface area contributed by atoms with E-state index >= 15 is 0 Å². The summed E-state index contributed by atoms with van der Waals surface area (Å²) in [7, 11) is 0. The fourth-order valence-electron chi connectivity index (χ4n) is 3.42. The third kappa shape index (κ3) is 3.39. The molecule has 0 aromatic heterocycles. The van der Waals surface area contributed by atoms with Crippen LogP contribution in [-0.2, 0) is 9.53 Å². The van der Waals surface area contributed by atoms with Gasteiger partial charge in [-0.3, -0.25) is 0 Å². The Balaban J connectivity index is 2.30. The van der Waals surface area contributed by atoms with Gasteiger partial charge in [0.2, 0.25) is 0 Å². The van der Waals surface area contributed by atoms with Crippen LogP contribution in [0, 0.1) is 18.8 Å². The Morgan fingerprint density at radius 1 is 1.43 bits per heavy atom. The van der Waals surface area contributed by atoms with Gasteiger partial charge in [-0.25, -0.2) is 4.79 Å². The number of ether oxygens (including phenoxy) is 1. The Morgan fingerprint density at radius 2 is 2.19 bits per heavy atom. The molecule has 116 valence electrons. The van der Waals surface area contributed by atoms with Gasteiger partial charge in [-0.1, -0.05) is 26.0 Å². The van der Waals surface area contributed by atoms with Gasteiger partial charge in [0.1, 0.15) is 5.54 Å². The summed E-state index contributed by atoms with van der Waals surface area (Å²) in [6, 6.07) is 8.20. The lowest BCUT2D eigenvalue weighted by Crippen LogP contribution is -2.55. The van der Waals surface area contributed by atoms with Crippen molar-refractivity contribution in [1.29, 1.82) is 0 Å². The van der Waals surface area contributed by atoms with Gasteiger partial charge in [-0.05, 0) is 62.6 Å². The number of anilines is 1. The molecular weight excluding hydrogens is 262 g/mol. The van der Waals surface area contributed by atoms with Gasteiger partial charge >= 0.3 is 5.97 Å². The van der Waals surface area contributed by atoms with Crippen LogP contribution in [0.1, 0.15) is 45.6 Å². The van der Waals surface area contributed by atoms with E-state index in [-0.39, 0.29) is 11.9 Å². The SMILES string of the molecule is CCOC(=O)C1(Nc2cccc(C)c2)CCC(C)CC1C. The zero-order chi connectivity index (χ0) is 15.5. The minimum Gasteiger partial charge on any atom is -0.464 e. The van der Waals surface area contributed by atoms with Gasteiger partial charge in [-0.2, -0.15) is 0 Å². The summed E-state index contributed by atoms with van der Waals surface area (Å²) in [6.07, 6.45) is 2.95. The van der Waals surface area contributed by atoms with Crippen LogP contribution in [0.2, 0.25) is 0 Å². The molecule has 0 saturated heterocycles. The Hall–Kier alpha value is -1.51. The molecule has 2 rings (SSSR count). The van der Waals surface area contributed by atoms with Gasteiger partial charge in [-0.15, -0.1) is 0 Å². The summed E-state index contributed by atoms with van der Waals surface area (Å²) in [5.74, 6) is 0.827. The van der Waals surface area contributed by atoms with Crippen molar-refractivity contribution >= 4 is 11.7 Å². The van der Waals surface area contributed by atoms with Crippen molar-refractivity contribution in [3.8, 4) is 0 Å². The van der Waals surface area contributed by atoms with E-state index in [0.29, 0.717) is 12.5 Å². The van der Waals surface area contributed by atoms with Gasteiger partial charge < -0.3 is 10.1 Å². The number of aryl methyl sites for hydroxylation is 1. The third-order valence-electron chi connectivity index (χ3n) is 4.65. The predicted molar refractivity (Wildman–Crippen MR) is 86.3 cm³/mol. The summed E-state index contributed by atoms with van der Waals surface area (Å²) >= 11 is 0. The Kier molecular flexibility index (Phi) is 4.92. The number of rotatable bonds is 4. The molecule has 1 aliphatic carbocycles. The highest BCUT2D eigenvalue weighted by molar-refractivity contribution is 5.85. The second kappa shape index (κ2) is 6.50. The molecule has 1 aromatic rings. The summed E-state index contributed by atoms with van der Waals surface area (Å²) in [5.41, 5.74) is 1.61. The van der Waals surface area contributed by atoms with E-state index < -0.39 is 5.54 Å². The number of hydrogen-bond donors (Lipinski definition) is 1. The van der Waals surface area contributed by atoms with Crippen molar-refractivity contribution < 1.29 is 9.53 Å². The molecule has 0 amide bonds. The van der Waals surface area contributed by atoms with E-state index in [1.807, 2.05) is 19.1 Å². The van der Waals surface area contributed by atoms with E-state index in [1.165, 1.54) is 5.56 Å². The van der Waals surface area contributed by atoms with E-state index in [2.05, 4.69) is 38.2 Å². The maximum atomic E-state index is 12.6. The highest BCUT2D eigenvalue weighted by Crippen LogP contribution is 2.40. The first kappa shape index (κ1) is 15.9. The van der Waals surface area contributed by atoms with Gasteiger partial charge in [0.15, 0.2) is 0 Å². The lowest BCUT2D eigenvalue weighted by molar-refractivity contribution is -0.152. The highest BCUT2D eigenvalue weighted by Gasteiger charge is 2.47. The fourth-order valence-corrected chi connectivity index (χ4v) is 3.42. The monoisotopic (exact) mass is 289 g/mol. The standard InChI is InChI=1S/C18H27NO2/c1-5-21-17(20)18(10-9-14(3)11-15(18)4)19-16-8-6-7-13(2)12-16/h6-8,12,14-15,19H,5,9-11H2,1-4H3. The van der Waals surface area contributed by atoms with Gasteiger partial charge in [0.05, 0.1) is 6.61 Å². The molecule has 3 atom stereocenters. The number of esters is 1. The van der Waals surface area contributed by atoms with Crippen molar-refractivity contribution in [2.75, 3.05) is 11.9 Å². The maximum absolute atomic E-state index is 12.6. The Labute approximate surface area is 128 Å². The molecule has 0 spiro atoms. The third-order valence-corrected chi connectivity index (χ3v) is 4.65. The maximum Gasteiger partial charge on any atom is 0.332 e. The quantitative estimate of drug-likeness (QED) is 0.846. The van der Waals surface area contributed by atoms with Crippen LogP contribution in [0.3, 0.4) is 0 Å². The lowest BCUT2D eigenvalue weighted by Gasteiger charge is -2.43. The van der Waals surface area contributed by atoms with Gasteiger partial charge in [0, 0.05) is 5.69 Å². The normalized spacial score (nSPS) is 29.0. The highest BCUT2D eigenvalue weighted by atomic mass is 16.5. The number of benzene rings is 1. The molecule has 1 aromatic carbocycles. The Bertz CT molecular complexity index is 500. The molecule has 1 fully saturated rings. The molecule has 0 heterocycles. The summed E-state index contributed by atoms with van der Waals surface area (Å²) < 4.78 is 5.39. The average molecular weight is 289 g/mol. The average Bonchev–Trinajstić information content (AvgIpc) is 2.42. The second-order valence-corrected chi connectivity index (χ2v) is 6.47. The van der Waals surface area contributed by atoms with Gasteiger partial charge in [0.25, 0.3) is 0 Å². The van der Waals surface area contributed by atoms with E-state index in [9.17, 15) is 4.79 Å². The molecule has 1 aliphatic rings. The number of carbonyl (C=O) groups excluding carboxylic acids is 1. The first-order valence-electron chi connectivity index (χ1n) is 8.00. The smallest absolute Gasteiger partial charge is 0.332 e. The first-order chi connectivity index (χ1) is 9.98. The summed E-state index contributed by atoms with van der Waals surface area (Å²) in [4.78, 5) is 12.6. The molecular formula is C18H27NO2. The molecule has 0 bridgehead atoms. The van der Waals surface area contributed by atoms with Crippen molar-refractivity contribution in [1.82, 2.24) is 0 Å². The predicted octanol–water partition coefficient (Wildman–Crippen LogP) is 4.16. The minimum atomic E-state index is -0.587. The van der Waals surface area contributed by atoms with Crippen LogP contribution in [0.5, 0.6) is 0 Å². The first-order valence-corrected chi connectivity index (χ1v) is 8.00. The fraction of sp³-hybridized carbons (Fsp3) is 0.611. The van der Waals surface area contributed by atoms with E-state index in [1.54, 1.807) is 0 Å². The molecule has 1 saturated carbocycles. The largest absolute Gasteiger partial charge is 0.464 e. The second-order valence-electron chi connectivity index (χ2n) is 6.47. The van der Waals surface area contributed by atoms with Crippen molar-refractivity contribution in [3.05, 3.63) is 29.8 Å². The zero-order valence-electron chi connectivity index (χ0n) is 13.6. The van der Waals surface area contributed by atoms with Crippen molar-refractivity contribution in [2.45, 2.75) is 52.5 Å². The zero-order valence-corrected chi connectivity index (χ0v) is 13.6. The van der Waals surface area contributed by atoms with E-state index in [4.69, 9.17) is 4.74 Å². The molecule has 3 nitrogen and oxygen atoms in total. The van der Waals surface area contributed by atoms with Crippen LogP contribution < -0.4 is 5.32 Å². The van der Waals surface area contributed by atoms with Crippen LogP contribution in [0.15, 0.2) is 24.3 Å². The number of nitrogens with one attached hydrogen (secondary N) is 1. The topological polar surface area (TPSA) is 38.3 Å². The molecule has 21 heavy (non-hydrogen) atoms. The summed E-state index contributed by atoms with van der Waals surface area (Å²) in [5, 5.41) is 3.52. The van der Waals surface area contributed by atoms with Crippen LogP contribution in [-0.4, -0.2) is 18.1 Å². The Morgan fingerprint density at radius 3 is 2.81 bits per heavy atom. The molecule has 3 heteroatoms. The van der Waals surface area contributed by atoms with Crippen LogP contribution in [0.4, 0.5) is 5.69 Å². The molecule has 0 radical (unpaired) electrons. The van der Waals surface area contributed by atoms with Crippen molar-refractivity contribution in [3.63, 3.8) is 0 Å².